The van der Waals surface area contributed by atoms with Gasteiger partial charge in [-0.25, -0.2) is 0 Å². The van der Waals surface area contributed by atoms with E-state index in [1.807, 2.05) is 0 Å². The lowest BCUT2D eigenvalue weighted by atomic mass is 10.1. The Morgan fingerprint density at radius 1 is 1.14 bits per heavy atom. The van der Waals surface area contributed by atoms with Crippen LogP contribution in [0.4, 0.5) is 5.69 Å². The number of nitrogens with zero attached hydrogens (tertiary/aromatic N) is 1. The van der Waals surface area contributed by atoms with Crippen LogP contribution in [0.25, 0.3) is 0 Å². The predicted molar refractivity (Wildman–Crippen MR) is 85.6 cm³/mol. The zero-order chi connectivity index (χ0) is 15.6. The summed E-state index contributed by atoms with van der Waals surface area (Å²) < 4.78 is 6.95. The van der Waals surface area contributed by atoms with Gasteiger partial charge in [-0.15, -0.1) is 0 Å². The van der Waals surface area contributed by atoms with Gasteiger partial charge in [0, 0.05) is 6.07 Å². The molecule has 2 aromatic carbocycles. The van der Waals surface area contributed by atoms with Crippen LogP contribution in [0.3, 0.4) is 0 Å². The zero-order valence-corrected chi connectivity index (χ0v) is 14.1. The summed E-state index contributed by atoms with van der Waals surface area (Å²) in [6.45, 7) is 1.67. The third-order valence-corrected chi connectivity index (χ3v) is 4.06. The van der Waals surface area contributed by atoms with Gasteiger partial charge in [0.05, 0.1) is 26.0 Å². The molecule has 0 aliphatic rings. The third-order valence-electron chi connectivity index (χ3n) is 2.78. The van der Waals surface area contributed by atoms with Crippen molar-refractivity contribution in [1.82, 2.24) is 0 Å². The molecule has 0 saturated heterocycles. The van der Waals surface area contributed by atoms with Crippen LogP contribution in [0, 0.1) is 10.1 Å². The summed E-state index contributed by atoms with van der Waals surface area (Å²) in [7, 11) is 0. The minimum Gasteiger partial charge on any atom is -0.455 e. The maximum absolute atomic E-state index is 10.8. The maximum Gasteiger partial charge on any atom is 0.273 e. The molecule has 1 N–H and O–H groups in total. The standard InChI is InChI=1S/C14H11Br2NO4/c1-8(18)9-2-5-13(12(16)6-9)21-14-7-10(17(19)20)3-4-11(14)15/h2-8,18H,1H3/t8-/m1/s1. The molecule has 0 aromatic heterocycles. The highest BCUT2D eigenvalue weighted by Gasteiger charge is 2.13. The molecule has 7 heteroatoms. The van der Waals surface area contributed by atoms with Crippen molar-refractivity contribution in [3.63, 3.8) is 0 Å². The van der Waals surface area contributed by atoms with E-state index < -0.39 is 11.0 Å². The maximum atomic E-state index is 10.8. The zero-order valence-electron chi connectivity index (χ0n) is 10.9. The summed E-state index contributed by atoms with van der Waals surface area (Å²) in [6.07, 6.45) is -0.583. The summed E-state index contributed by atoms with van der Waals surface area (Å²) in [5.74, 6) is 0.843. The van der Waals surface area contributed by atoms with Gasteiger partial charge in [-0.3, -0.25) is 10.1 Å². The Morgan fingerprint density at radius 2 is 1.86 bits per heavy atom. The van der Waals surface area contributed by atoms with Crippen molar-refractivity contribution in [2.45, 2.75) is 13.0 Å². The summed E-state index contributed by atoms with van der Waals surface area (Å²) in [6, 6.07) is 9.46. The number of ether oxygens (including phenoxy) is 1. The molecule has 0 amide bonds. The van der Waals surface area contributed by atoms with Crippen LogP contribution in [0.1, 0.15) is 18.6 Å². The van der Waals surface area contributed by atoms with Crippen molar-refractivity contribution in [2.75, 3.05) is 0 Å². The van der Waals surface area contributed by atoms with E-state index in [0.29, 0.717) is 20.4 Å². The summed E-state index contributed by atoms with van der Waals surface area (Å²) in [5, 5.41) is 20.3. The van der Waals surface area contributed by atoms with Crippen LogP contribution in [-0.2, 0) is 0 Å². The number of aliphatic hydroxyl groups excluding tert-OH is 1. The van der Waals surface area contributed by atoms with Gasteiger partial charge in [0.25, 0.3) is 5.69 Å². The highest BCUT2D eigenvalue weighted by atomic mass is 79.9. The molecule has 110 valence electrons. The molecule has 0 bridgehead atoms. The van der Waals surface area contributed by atoms with Gasteiger partial charge in [0.15, 0.2) is 0 Å². The van der Waals surface area contributed by atoms with Crippen LogP contribution in [0.5, 0.6) is 11.5 Å². The molecule has 0 fully saturated rings. The van der Waals surface area contributed by atoms with Gasteiger partial charge in [-0.2, -0.15) is 0 Å². The molecule has 0 unspecified atom stereocenters. The van der Waals surface area contributed by atoms with Gasteiger partial charge in [-0.05, 0) is 62.5 Å². The summed E-state index contributed by atoms with van der Waals surface area (Å²) in [4.78, 5) is 10.3. The Balaban J connectivity index is 2.34. The minimum atomic E-state index is -0.583. The molecule has 2 aromatic rings. The number of nitro benzene ring substituents is 1. The van der Waals surface area contributed by atoms with Crippen LogP contribution in [-0.4, -0.2) is 10.0 Å². The van der Waals surface area contributed by atoms with Gasteiger partial charge in [0.1, 0.15) is 11.5 Å². The van der Waals surface area contributed by atoms with Gasteiger partial charge < -0.3 is 9.84 Å². The second-order valence-corrected chi connectivity index (χ2v) is 6.05. The molecule has 0 saturated carbocycles. The molecule has 5 nitrogen and oxygen atoms in total. The molecular formula is C14H11Br2NO4. The lowest BCUT2D eigenvalue weighted by Crippen LogP contribution is -1.94. The molecular weight excluding hydrogens is 406 g/mol. The number of aliphatic hydroxyl groups is 1. The Bertz CT molecular complexity index is 689. The number of rotatable bonds is 4. The van der Waals surface area contributed by atoms with Crippen LogP contribution in [0.15, 0.2) is 45.3 Å². The first-order chi connectivity index (χ1) is 9.88. The highest BCUT2D eigenvalue weighted by molar-refractivity contribution is 9.11. The molecule has 0 radical (unpaired) electrons. The SMILES string of the molecule is C[C@@H](O)c1ccc(Oc2cc([N+](=O)[O-])ccc2Br)c(Br)c1. The average molecular weight is 417 g/mol. The van der Waals surface area contributed by atoms with E-state index in [0.717, 1.165) is 5.56 Å². The van der Waals surface area contributed by atoms with Crippen molar-refractivity contribution in [3.05, 3.63) is 61.0 Å². The van der Waals surface area contributed by atoms with Gasteiger partial charge in [0.2, 0.25) is 0 Å². The van der Waals surface area contributed by atoms with Crippen molar-refractivity contribution >= 4 is 37.5 Å². The topological polar surface area (TPSA) is 72.6 Å². The number of hydrogen-bond donors (Lipinski definition) is 1. The fraction of sp³-hybridized carbons (Fsp3) is 0.143. The Hall–Kier alpha value is -1.44. The largest absolute Gasteiger partial charge is 0.455 e. The number of nitro groups is 1. The number of halogens is 2. The van der Waals surface area contributed by atoms with Crippen molar-refractivity contribution in [1.29, 1.82) is 0 Å². The monoisotopic (exact) mass is 415 g/mol. The van der Waals surface area contributed by atoms with Gasteiger partial charge in [-0.1, -0.05) is 6.07 Å². The second kappa shape index (κ2) is 6.55. The number of benzene rings is 2. The molecule has 0 heterocycles. The quantitative estimate of drug-likeness (QED) is 0.564. The second-order valence-electron chi connectivity index (χ2n) is 4.34. The van der Waals surface area contributed by atoms with E-state index in [-0.39, 0.29) is 5.69 Å². The van der Waals surface area contributed by atoms with E-state index in [2.05, 4.69) is 31.9 Å². The molecule has 21 heavy (non-hydrogen) atoms. The lowest BCUT2D eigenvalue weighted by molar-refractivity contribution is -0.384. The predicted octanol–water partition coefficient (Wildman–Crippen LogP) is 4.97. The fourth-order valence-corrected chi connectivity index (χ4v) is 2.47. The van der Waals surface area contributed by atoms with Crippen molar-refractivity contribution in [3.8, 4) is 11.5 Å². The Labute approximate surface area is 138 Å². The van der Waals surface area contributed by atoms with E-state index >= 15 is 0 Å². The van der Waals surface area contributed by atoms with Gasteiger partial charge >= 0.3 is 0 Å². The Kier molecular flexibility index (Phi) is 4.97. The summed E-state index contributed by atoms with van der Waals surface area (Å²) >= 11 is 6.66. The molecule has 0 spiro atoms. The minimum absolute atomic E-state index is 0.0510. The van der Waals surface area contributed by atoms with E-state index in [9.17, 15) is 15.2 Å². The first-order valence-corrected chi connectivity index (χ1v) is 7.56. The molecule has 0 aliphatic heterocycles. The summed E-state index contributed by atoms with van der Waals surface area (Å²) in [5.41, 5.74) is 0.692. The van der Waals surface area contributed by atoms with E-state index in [4.69, 9.17) is 4.74 Å². The highest BCUT2D eigenvalue weighted by Crippen LogP contribution is 2.37. The van der Waals surface area contributed by atoms with Crippen molar-refractivity contribution in [2.24, 2.45) is 0 Å². The van der Waals surface area contributed by atoms with Crippen molar-refractivity contribution < 1.29 is 14.8 Å². The van der Waals surface area contributed by atoms with Crippen LogP contribution < -0.4 is 4.74 Å². The first-order valence-electron chi connectivity index (χ1n) is 5.98. The molecule has 1 atom stereocenters. The number of hydrogen-bond acceptors (Lipinski definition) is 4. The van der Waals surface area contributed by atoms with Crippen LogP contribution >= 0.6 is 31.9 Å². The molecule has 2 rings (SSSR count). The lowest BCUT2D eigenvalue weighted by Gasteiger charge is -2.11. The third kappa shape index (κ3) is 3.81. The van der Waals surface area contributed by atoms with E-state index in [1.54, 1.807) is 31.2 Å². The van der Waals surface area contributed by atoms with E-state index in [1.165, 1.54) is 12.1 Å². The van der Waals surface area contributed by atoms with Crippen LogP contribution in [0.2, 0.25) is 0 Å². The Morgan fingerprint density at radius 3 is 2.43 bits per heavy atom. The first kappa shape index (κ1) is 15.9. The normalized spacial score (nSPS) is 12.0. The average Bonchev–Trinajstić information content (AvgIpc) is 2.42. The molecule has 0 aliphatic carbocycles. The smallest absolute Gasteiger partial charge is 0.273 e. The fourth-order valence-electron chi connectivity index (χ4n) is 1.66. The number of non-ortho nitro benzene ring substituents is 1.